The molecule has 0 aromatic heterocycles. The van der Waals surface area contributed by atoms with E-state index in [4.69, 9.17) is 14.9 Å². The monoisotopic (exact) mass is 158 g/mol. The minimum absolute atomic E-state index is 0.260. The van der Waals surface area contributed by atoms with E-state index in [1.54, 1.807) is 0 Å². The van der Waals surface area contributed by atoms with Crippen molar-refractivity contribution < 1.29 is 4.18 Å². The number of hydrogen-bond donors (Lipinski definition) is 0. The predicted molar refractivity (Wildman–Crippen MR) is 37.3 cm³/mol. The number of rotatable bonds is 3. The zero-order chi connectivity index (χ0) is 5.70. The average Bonchev–Trinajstić information content (AvgIpc) is 1.61. The van der Waals surface area contributed by atoms with E-state index in [1.165, 1.54) is 11.1 Å². The third-order valence-corrected chi connectivity index (χ3v) is 1.63. The third kappa shape index (κ3) is 6.95. The second-order valence-corrected chi connectivity index (χ2v) is 3.65. The first kappa shape index (κ1) is 7.95. The van der Waals surface area contributed by atoms with Crippen LogP contribution in [-0.2, 0) is 4.18 Å². The van der Waals surface area contributed by atoms with E-state index in [9.17, 15) is 0 Å². The summed E-state index contributed by atoms with van der Waals surface area (Å²) in [7, 11) is 6.30. The highest BCUT2D eigenvalue weighted by atomic mass is 35.7. The van der Waals surface area contributed by atoms with Crippen molar-refractivity contribution in [3.63, 3.8) is 0 Å². The maximum atomic E-state index is 5.20. The summed E-state index contributed by atoms with van der Waals surface area (Å²) in [5.41, 5.74) is 0. The zero-order valence-electron chi connectivity index (χ0n) is 4.18. The fourth-order valence-electron chi connectivity index (χ4n) is 0.0934. The Hall–Kier alpha value is 0.950. The fraction of sp³-hybridized carbons (Fsp3) is 1.00. The van der Waals surface area contributed by atoms with Gasteiger partial charge in [0.15, 0.2) is 0 Å². The maximum Gasteiger partial charge on any atom is 0.0796 e. The van der Waals surface area contributed by atoms with E-state index in [2.05, 4.69) is 0 Å². The van der Waals surface area contributed by atoms with E-state index in [-0.39, 0.29) is 6.10 Å². The lowest BCUT2D eigenvalue weighted by Crippen LogP contribution is -1.91. The molecule has 0 rings (SSSR count). The highest BCUT2D eigenvalue weighted by Crippen LogP contribution is 2.27. The van der Waals surface area contributed by atoms with Gasteiger partial charge in [-0.1, -0.05) is 0 Å². The summed E-state index contributed by atoms with van der Waals surface area (Å²) in [5.74, 6) is 0. The maximum absolute atomic E-state index is 5.20. The number of halogens is 1. The summed E-state index contributed by atoms with van der Waals surface area (Å²) in [5, 5.41) is 0. The minimum Gasteiger partial charge on any atom is -0.301 e. The molecule has 7 heavy (non-hydrogen) atoms. The van der Waals surface area contributed by atoms with Gasteiger partial charge in [0.1, 0.15) is 0 Å². The van der Waals surface area contributed by atoms with Crippen LogP contribution in [0.15, 0.2) is 0 Å². The van der Waals surface area contributed by atoms with Gasteiger partial charge in [-0.3, -0.25) is 0 Å². The van der Waals surface area contributed by atoms with E-state index in [0.29, 0.717) is 0 Å². The van der Waals surface area contributed by atoms with E-state index < -0.39 is 0 Å². The van der Waals surface area contributed by atoms with Gasteiger partial charge >= 0.3 is 0 Å². The molecule has 0 saturated heterocycles. The lowest BCUT2D eigenvalue weighted by molar-refractivity contribution is 0.294. The molecule has 0 aliphatic heterocycles. The molecule has 1 nitrogen and oxygen atoms in total. The van der Waals surface area contributed by atoms with Crippen LogP contribution in [0.25, 0.3) is 0 Å². The molecule has 0 N–H and O–H groups in total. The first-order valence-electron chi connectivity index (χ1n) is 1.88. The van der Waals surface area contributed by atoms with Gasteiger partial charge in [-0.25, -0.2) is 0 Å². The largest absolute Gasteiger partial charge is 0.301 e. The van der Waals surface area contributed by atoms with E-state index in [1.807, 2.05) is 13.8 Å². The van der Waals surface area contributed by atoms with Gasteiger partial charge in [-0.2, -0.15) is 0 Å². The van der Waals surface area contributed by atoms with Crippen LogP contribution in [0.3, 0.4) is 0 Å². The zero-order valence-corrected chi connectivity index (χ0v) is 6.57. The molecule has 44 valence electrons. The van der Waals surface area contributed by atoms with Gasteiger partial charge in [-0.15, -0.1) is 0 Å². The summed E-state index contributed by atoms with van der Waals surface area (Å²) in [4.78, 5) is 0. The van der Waals surface area contributed by atoms with Crippen LogP contribution in [0, 0.1) is 0 Å². The van der Waals surface area contributed by atoms with Crippen LogP contribution < -0.4 is 0 Å². The quantitative estimate of drug-likeness (QED) is 0.462. The molecule has 0 aliphatic carbocycles. The van der Waals surface area contributed by atoms with Crippen LogP contribution in [0.4, 0.5) is 0 Å². The standard InChI is InChI=1S/C3H7ClOS2/c1-3(2)5-7-6-4/h3H,1-2H3. The lowest BCUT2D eigenvalue weighted by atomic mass is 10.5. The predicted octanol–water partition coefficient (Wildman–Crippen LogP) is 2.86. The molecular weight excluding hydrogens is 152 g/mol. The smallest absolute Gasteiger partial charge is 0.0796 e. The SMILES string of the molecule is CC(C)OSSCl. The van der Waals surface area contributed by atoms with Crippen molar-refractivity contribution in [2.75, 3.05) is 0 Å². The fourth-order valence-corrected chi connectivity index (χ4v) is 1.11. The van der Waals surface area contributed by atoms with Gasteiger partial charge in [0.25, 0.3) is 0 Å². The second-order valence-electron chi connectivity index (χ2n) is 1.28. The van der Waals surface area contributed by atoms with Gasteiger partial charge in [0.2, 0.25) is 0 Å². The van der Waals surface area contributed by atoms with Crippen molar-refractivity contribution in [2.45, 2.75) is 20.0 Å². The Labute approximate surface area is 56.2 Å². The molecule has 0 amide bonds. The van der Waals surface area contributed by atoms with Crippen molar-refractivity contribution in [2.24, 2.45) is 0 Å². The Morgan fingerprint density at radius 2 is 2.14 bits per heavy atom. The van der Waals surface area contributed by atoms with Gasteiger partial charge in [-0.05, 0) is 24.5 Å². The summed E-state index contributed by atoms with van der Waals surface area (Å²) >= 11 is 1.20. The Morgan fingerprint density at radius 1 is 1.57 bits per heavy atom. The molecule has 0 atom stereocenters. The van der Waals surface area contributed by atoms with Crippen molar-refractivity contribution in [3.8, 4) is 0 Å². The normalized spacial score (nSPS) is 10.3. The highest BCUT2D eigenvalue weighted by Gasteiger charge is 1.90. The van der Waals surface area contributed by atoms with Crippen molar-refractivity contribution in [3.05, 3.63) is 0 Å². The lowest BCUT2D eigenvalue weighted by Gasteiger charge is -1.98. The molecule has 0 aromatic carbocycles. The molecule has 0 fully saturated rings. The van der Waals surface area contributed by atoms with Crippen molar-refractivity contribution in [1.82, 2.24) is 0 Å². The molecule has 0 aromatic rings. The topological polar surface area (TPSA) is 9.23 Å². The second kappa shape index (κ2) is 5.09. The van der Waals surface area contributed by atoms with Gasteiger partial charge in [0, 0.05) is 10.0 Å². The van der Waals surface area contributed by atoms with Crippen molar-refractivity contribution >= 4 is 31.8 Å². The van der Waals surface area contributed by atoms with Gasteiger partial charge in [0.05, 0.1) is 17.2 Å². The van der Waals surface area contributed by atoms with Crippen LogP contribution in [0.2, 0.25) is 0 Å². The average molecular weight is 159 g/mol. The first-order valence-corrected chi connectivity index (χ1v) is 4.78. The Bertz CT molecular complexity index is 41.9. The minimum atomic E-state index is 0.260. The number of hydrogen-bond acceptors (Lipinski definition) is 3. The summed E-state index contributed by atoms with van der Waals surface area (Å²) in [6, 6.07) is 0. The molecule has 0 spiro atoms. The van der Waals surface area contributed by atoms with Crippen molar-refractivity contribution in [1.29, 1.82) is 0 Å². The van der Waals surface area contributed by atoms with Crippen LogP contribution in [0.1, 0.15) is 13.8 Å². The molecule has 0 radical (unpaired) electrons. The van der Waals surface area contributed by atoms with E-state index in [0.717, 1.165) is 10.0 Å². The van der Waals surface area contributed by atoms with E-state index >= 15 is 0 Å². The van der Waals surface area contributed by atoms with Crippen LogP contribution >= 0.6 is 31.8 Å². The van der Waals surface area contributed by atoms with Crippen LogP contribution in [0.5, 0.6) is 0 Å². The first-order chi connectivity index (χ1) is 3.27. The van der Waals surface area contributed by atoms with Gasteiger partial charge < -0.3 is 4.18 Å². The highest BCUT2D eigenvalue weighted by molar-refractivity contribution is 8.83. The molecular formula is C3H7ClOS2. The molecule has 0 bridgehead atoms. The third-order valence-electron chi connectivity index (χ3n) is 0.257. The Balaban J connectivity index is 2.68. The summed E-state index contributed by atoms with van der Waals surface area (Å²) < 4.78 is 4.94. The molecule has 0 heterocycles. The Kier molecular flexibility index (Phi) is 5.79. The Morgan fingerprint density at radius 3 is 2.29 bits per heavy atom. The molecule has 0 aliphatic rings. The molecule has 0 unspecified atom stereocenters. The summed E-state index contributed by atoms with van der Waals surface area (Å²) in [6.45, 7) is 3.92. The summed E-state index contributed by atoms with van der Waals surface area (Å²) in [6.07, 6.45) is 0.260. The molecule has 4 heteroatoms. The molecule has 0 saturated carbocycles. The van der Waals surface area contributed by atoms with Crippen LogP contribution in [-0.4, -0.2) is 6.10 Å².